The molecule has 0 spiro atoms. The molecule has 1 amide bonds. The summed E-state index contributed by atoms with van der Waals surface area (Å²) in [5, 5.41) is 6.29. The number of halogens is 1. The fourth-order valence-electron chi connectivity index (χ4n) is 1.68. The minimum Gasteiger partial charge on any atom is -0.383 e. The molecule has 0 fully saturated rings. The number of anilines is 1. The van der Waals surface area contributed by atoms with Crippen LogP contribution in [0.25, 0.3) is 0 Å². The van der Waals surface area contributed by atoms with Gasteiger partial charge in [0.15, 0.2) is 0 Å². The lowest BCUT2D eigenvalue weighted by atomic mass is 10.2. The van der Waals surface area contributed by atoms with Crippen molar-refractivity contribution in [1.82, 2.24) is 4.90 Å². The molecule has 0 radical (unpaired) electrons. The number of nitrogens with zero attached hydrogens (tertiary/aromatic N) is 3. The Balaban J connectivity index is 2.33. The van der Waals surface area contributed by atoms with Gasteiger partial charge in [-0.1, -0.05) is 11.6 Å². The maximum absolute atomic E-state index is 12.2. The Hall–Kier alpha value is -1.81. The Bertz CT molecular complexity index is 532. The van der Waals surface area contributed by atoms with Gasteiger partial charge in [0.25, 0.3) is 5.91 Å². The quantitative estimate of drug-likeness (QED) is 0.769. The first-order valence-corrected chi connectivity index (χ1v) is 5.90. The SMILES string of the molecule is CC1=NN(c2ccc(Cl)cc2)C(=O)C1=CN(C)C. The lowest BCUT2D eigenvalue weighted by Crippen LogP contribution is -2.22. The summed E-state index contributed by atoms with van der Waals surface area (Å²) in [7, 11) is 3.75. The molecule has 5 heteroatoms. The smallest absolute Gasteiger partial charge is 0.282 e. The Morgan fingerprint density at radius 2 is 1.89 bits per heavy atom. The highest BCUT2D eigenvalue weighted by molar-refractivity contribution is 6.31. The Morgan fingerprint density at radius 3 is 2.44 bits per heavy atom. The van der Waals surface area contributed by atoms with Crippen LogP contribution in [0.2, 0.25) is 5.02 Å². The van der Waals surface area contributed by atoms with Crippen molar-refractivity contribution in [2.45, 2.75) is 6.92 Å². The van der Waals surface area contributed by atoms with Crippen molar-refractivity contribution >= 4 is 28.9 Å². The maximum Gasteiger partial charge on any atom is 0.282 e. The average molecular weight is 264 g/mol. The highest BCUT2D eigenvalue weighted by Crippen LogP contribution is 2.24. The number of hydrazone groups is 1. The number of carbonyl (C=O) groups is 1. The summed E-state index contributed by atoms with van der Waals surface area (Å²) in [6.45, 7) is 1.82. The average Bonchev–Trinajstić information content (AvgIpc) is 2.58. The van der Waals surface area contributed by atoms with E-state index in [1.165, 1.54) is 5.01 Å². The number of rotatable bonds is 2. The number of amides is 1. The van der Waals surface area contributed by atoms with E-state index in [0.717, 1.165) is 0 Å². The third-order valence-corrected chi connectivity index (χ3v) is 2.77. The van der Waals surface area contributed by atoms with E-state index in [4.69, 9.17) is 11.6 Å². The molecule has 1 aromatic carbocycles. The first-order valence-electron chi connectivity index (χ1n) is 5.53. The van der Waals surface area contributed by atoms with Gasteiger partial charge in [0, 0.05) is 25.3 Å². The van der Waals surface area contributed by atoms with Gasteiger partial charge in [-0.15, -0.1) is 0 Å². The molecule has 2 rings (SSSR count). The van der Waals surface area contributed by atoms with Crippen LogP contribution < -0.4 is 5.01 Å². The van der Waals surface area contributed by atoms with Crippen LogP contribution >= 0.6 is 11.6 Å². The summed E-state index contributed by atoms with van der Waals surface area (Å²) in [5.74, 6) is -0.122. The molecule has 1 aromatic rings. The molecule has 0 aliphatic carbocycles. The van der Waals surface area contributed by atoms with E-state index in [2.05, 4.69) is 5.10 Å². The molecule has 0 aromatic heterocycles. The van der Waals surface area contributed by atoms with Gasteiger partial charge < -0.3 is 4.90 Å². The van der Waals surface area contributed by atoms with Crippen molar-refractivity contribution in [2.24, 2.45) is 5.10 Å². The van der Waals surface area contributed by atoms with Crippen LogP contribution in [0.4, 0.5) is 5.69 Å². The first kappa shape index (κ1) is 12.6. The topological polar surface area (TPSA) is 35.9 Å². The lowest BCUT2D eigenvalue weighted by Gasteiger charge is -2.12. The van der Waals surface area contributed by atoms with Crippen molar-refractivity contribution in [2.75, 3.05) is 19.1 Å². The zero-order valence-corrected chi connectivity index (χ0v) is 11.3. The molecule has 4 nitrogen and oxygen atoms in total. The summed E-state index contributed by atoms with van der Waals surface area (Å²) in [6.07, 6.45) is 1.77. The molecule has 1 heterocycles. The molecule has 0 atom stereocenters. The molecular formula is C13H14ClN3O. The molecular weight excluding hydrogens is 250 g/mol. The van der Waals surface area contributed by atoms with Crippen molar-refractivity contribution in [3.63, 3.8) is 0 Å². The van der Waals surface area contributed by atoms with Gasteiger partial charge in [-0.25, -0.2) is 0 Å². The van der Waals surface area contributed by atoms with E-state index in [-0.39, 0.29) is 5.91 Å². The Labute approximate surface area is 111 Å². The fourth-order valence-corrected chi connectivity index (χ4v) is 1.81. The first-order chi connectivity index (χ1) is 8.49. The summed E-state index contributed by atoms with van der Waals surface area (Å²) in [6, 6.07) is 7.02. The van der Waals surface area contributed by atoms with Crippen LogP contribution in [0.5, 0.6) is 0 Å². The fraction of sp³-hybridized carbons (Fsp3) is 0.231. The van der Waals surface area contributed by atoms with E-state index in [1.807, 2.05) is 25.9 Å². The zero-order valence-electron chi connectivity index (χ0n) is 10.5. The van der Waals surface area contributed by atoms with Crippen LogP contribution in [0.3, 0.4) is 0 Å². The molecule has 18 heavy (non-hydrogen) atoms. The predicted molar refractivity (Wildman–Crippen MR) is 73.8 cm³/mol. The van der Waals surface area contributed by atoms with Gasteiger partial charge >= 0.3 is 0 Å². The van der Waals surface area contributed by atoms with Crippen LogP contribution in [0.1, 0.15) is 6.92 Å². The van der Waals surface area contributed by atoms with Crippen molar-refractivity contribution in [3.05, 3.63) is 41.1 Å². The minimum atomic E-state index is -0.122. The second-order valence-corrected chi connectivity index (χ2v) is 4.72. The van der Waals surface area contributed by atoms with Gasteiger partial charge in [-0.2, -0.15) is 10.1 Å². The van der Waals surface area contributed by atoms with Crippen molar-refractivity contribution < 1.29 is 4.79 Å². The van der Waals surface area contributed by atoms with Crippen LogP contribution in [-0.4, -0.2) is 30.6 Å². The number of hydrogen-bond acceptors (Lipinski definition) is 3. The van der Waals surface area contributed by atoms with Crippen LogP contribution in [-0.2, 0) is 4.79 Å². The van der Waals surface area contributed by atoms with E-state index < -0.39 is 0 Å². The molecule has 0 saturated heterocycles. The van der Waals surface area contributed by atoms with Crippen molar-refractivity contribution in [1.29, 1.82) is 0 Å². The Morgan fingerprint density at radius 1 is 1.28 bits per heavy atom. The molecule has 1 aliphatic heterocycles. The normalized spacial score (nSPS) is 17.3. The Kier molecular flexibility index (Phi) is 3.39. The van der Waals surface area contributed by atoms with E-state index in [0.29, 0.717) is 22.0 Å². The molecule has 1 aliphatic rings. The number of carbonyl (C=O) groups excluding carboxylic acids is 1. The largest absolute Gasteiger partial charge is 0.383 e. The monoisotopic (exact) mass is 263 g/mol. The van der Waals surface area contributed by atoms with Gasteiger partial charge in [0.05, 0.1) is 17.0 Å². The molecule has 94 valence electrons. The summed E-state index contributed by atoms with van der Waals surface area (Å²) >= 11 is 5.82. The second kappa shape index (κ2) is 4.82. The second-order valence-electron chi connectivity index (χ2n) is 4.29. The third-order valence-electron chi connectivity index (χ3n) is 2.52. The molecule has 0 unspecified atom stereocenters. The summed E-state index contributed by atoms with van der Waals surface area (Å²) < 4.78 is 0. The maximum atomic E-state index is 12.2. The van der Waals surface area contributed by atoms with Crippen molar-refractivity contribution in [3.8, 4) is 0 Å². The summed E-state index contributed by atoms with van der Waals surface area (Å²) in [4.78, 5) is 14.1. The van der Waals surface area contributed by atoms with Gasteiger partial charge in [0.1, 0.15) is 0 Å². The van der Waals surface area contributed by atoms with E-state index >= 15 is 0 Å². The van der Waals surface area contributed by atoms with Gasteiger partial charge in [-0.3, -0.25) is 4.79 Å². The number of benzene rings is 1. The zero-order chi connectivity index (χ0) is 13.3. The van der Waals surface area contributed by atoms with Crippen LogP contribution in [0.15, 0.2) is 41.1 Å². The highest BCUT2D eigenvalue weighted by atomic mass is 35.5. The molecule has 0 saturated carbocycles. The van der Waals surface area contributed by atoms with Crippen LogP contribution in [0, 0.1) is 0 Å². The van der Waals surface area contributed by atoms with Gasteiger partial charge in [0.2, 0.25) is 0 Å². The van der Waals surface area contributed by atoms with Gasteiger partial charge in [-0.05, 0) is 31.2 Å². The third kappa shape index (κ3) is 2.38. The minimum absolute atomic E-state index is 0.122. The highest BCUT2D eigenvalue weighted by Gasteiger charge is 2.28. The van der Waals surface area contributed by atoms with E-state index in [1.54, 1.807) is 30.5 Å². The molecule has 0 bridgehead atoms. The lowest BCUT2D eigenvalue weighted by molar-refractivity contribution is -0.114. The standard InChI is InChI=1S/C13H14ClN3O/c1-9-12(8-16(2)3)13(18)17(15-9)11-6-4-10(14)5-7-11/h4-8H,1-3H3. The molecule has 0 N–H and O–H groups in total. The predicted octanol–water partition coefficient (Wildman–Crippen LogP) is 2.51. The summed E-state index contributed by atoms with van der Waals surface area (Å²) in [5.41, 5.74) is 2.03. The van der Waals surface area contributed by atoms with E-state index in [9.17, 15) is 4.79 Å². The number of hydrogen-bond donors (Lipinski definition) is 0.